The van der Waals surface area contributed by atoms with Gasteiger partial charge in [-0.3, -0.25) is 4.79 Å². The maximum Gasteiger partial charge on any atom is 0.293 e. The third-order valence-corrected chi connectivity index (χ3v) is 4.73. The van der Waals surface area contributed by atoms with Gasteiger partial charge in [-0.25, -0.2) is 4.39 Å². The number of nitrogens with zero attached hydrogens (tertiary/aromatic N) is 2. The van der Waals surface area contributed by atoms with Crippen LogP contribution in [0.2, 0.25) is 0 Å². The predicted molar refractivity (Wildman–Crippen MR) is 86.0 cm³/mol. The molecule has 3 N–H and O–H groups in total. The molecule has 0 saturated carbocycles. The van der Waals surface area contributed by atoms with Gasteiger partial charge in [-0.15, -0.1) is 12.4 Å². The lowest BCUT2D eigenvalue weighted by Gasteiger charge is -2.44. The number of oxazole rings is 1. The van der Waals surface area contributed by atoms with Gasteiger partial charge in [0.05, 0.1) is 0 Å². The highest BCUT2D eigenvalue weighted by atomic mass is 35.5. The van der Waals surface area contributed by atoms with Gasteiger partial charge in [-0.1, -0.05) is 0 Å². The second kappa shape index (κ2) is 5.98. The highest BCUT2D eigenvalue weighted by Gasteiger charge is 2.35. The standard InChI is InChI=1S/C15H17FN4O2.ClH/c16-9-1-2-11-13(19-15(17)22-11)12(9)14(21)18-10-7-20-5-3-8(10)4-6-20;/h1-2,8,10H,3-7H2,(H2,17,19)(H,18,21);1H/t10-;/m1./s1. The van der Waals surface area contributed by atoms with Gasteiger partial charge in [-0.05, 0) is 44.0 Å². The van der Waals surface area contributed by atoms with E-state index in [0.717, 1.165) is 32.5 Å². The van der Waals surface area contributed by atoms with Crippen molar-refractivity contribution in [2.75, 3.05) is 25.4 Å². The fraction of sp³-hybridized carbons (Fsp3) is 0.467. The maximum absolute atomic E-state index is 14.1. The second-order valence-corrected chi connectivity index (χ2v) is 6.04. The smallest absolute Gasteiger partial charge is 0.293 e. The number of nitrogen functional groups attached to an aromatic ring is 1. The Morgan fingerprint density at radius 2 is 2.13 bits per heavy atom. The molecule has 8 heteroatoms. The quantitative estimate of drug-likeness (QED) is 0.870. The first-order valence-electron chi connectivity index (χ1n) is 7.49. The molecule has 0 unspecified atom stereocenters. The van der Waals surface area contributed by atoms with Gasteiger partial charge >= 0.3 is 0 Å². The minimum Gasteiger partial charge on any atom is -0.424 e. The number of aromatic nitrogens is 1. The third kappa shape index (κ3) is 2.74. The molecule has 5 rings (SSSR count). The summed E-state index contributed by atoms with van der Waals surface area (Å²) in [5, 5.41) is 2.97. The summed E-state index contributed by atoms with van der Waals surface area (Å²) in [5.41, 5.74) is 5.91. The molecular weight excluding hydrogens is 323 g/mol. The maximum atomic E-state index is 14.1. The molecule has 2 bridgehead atoms. The largest absolute Gasteiger partial charge is 0.424 e. The van der Waals surface area contributed by atoms with Crippen LogP contribution < -0.4 is 11.1 Å². The van der Waals surface area contributed by atoms with Crippen LogP contribution in [0.4, 0.5) is 10.4 Å². The van der Waals surface area contributed by atoms with E-state index in [2.05, 4.69) is 15.2 Å². The van der Waals surface area contributed by atoms with E-state index in [4.69, 9.17) is 10.2 Å². The van der Waals surface area contributed by atoms with Crippen molar-refractivity contribution in [1.29, 1.82) is 0 Å². The van der Waals surface area contributed by atoms with Crippen LogP contribution in [0.3, 0.4) is 0 Å². The molecule has 0 radical (unpaired) electrons. The van der Waals surface area contributed by atoms with Gasteiger partial charge in [0.15, 0.2) is 5.58 Å². The monoisotopic (exact) mass is 340 g/mol. The topological polar surface area (TPSA) is 84.4 Å². The molecule has 1 aromatic heterocycles. The van der Waals surface area contributed by atoms with Crippen molar-refractivity contribution in [2.24, 2.45) is 5.92 Å². The van der Waals surface area contributed by atoms with Crippen molar-refractivity contribution in [3.8, 4) is 0 Å². The van der Waals surface area contributed by atoms with Crippen molar-refractivity contribution in [3.05, 3.63) is 23.5 Å². The molecule has 0 spiro atoms. The van der Waals surface area contributed by atoms with Gasteiger partial charge in [0.1, 0.15) is 16.9 Å². The molecule has 3 fully saturated rings. The molecule has 3 aliphatic heterocycles. The highest BCUT2D eigenvalue weighted by molar-refractivity contribution is 6.05. The molecule has 1 atom stereocenters. The Bertz CT molecular complexity index is 742. The van der Waals surface area contributed by atoms with Crippen LogP contribution in [-0.2, 0) is 0 Å². The number of halogens is 2. The van der Waals surface area contributed by atoms with E-state index in [1.165, 1.54) is 12.1 Å². The van der Waals surface area contributed by atoms with Crippen LogP contribution in [0.1, 0.15) is 23.2 Å². The van der Waals surface area contributed by atoms with Crippen LogP contribution in [0.5, 0.6) is 0 Å². The molecule has 0 aliphatic carbocycles. The van der Waals surface area contributed by atoms with Crippen molar-refractivity contribution in [2.45, 2.75) is 18.9 Å². The molecular formula is C15H18ClFN4O2. The van der Waals surface area contributed by atoms with Gasteiger partial charge in [0.2, 0.25) is 0 Å². The molecule has 2 aromatic rings. The van der Waals surface area contributed by atoms with Crippen LogP contribution in [0.15, 0.2) is 16.5 Å². The highest BCUT2D eigenvalue weighted by Crippen LogP contribution is 2.29. The minimum atomic E-state index is -0.612. The first kappa shape index (κ1) is 16.0. The number of fused-ring (bicyclic) bond motifs is 4. The molecule has 3 saturated heterocycles. The normalized spacial score (nSPS) is 26.0. The van der Waals surface area contributed by atoms with Crippen molar-refractivity contribution >= 4 is 35.4 Å². The first-order chi connectivity index (χ1) is 10.6. The van der Waals surface area contributed by atoms with E-state index in [1.807, 2.05) is 0 Å². The SMILES string of the molecule is Cl.Nc1nc2c(C(=O)N[C@@H]3CN4CCC3CC4)c(F)ccc2o1. The van der Waals surface area contributed by atoms with E-state index >= 15 is 0 Å². The summed E-state index contributed by atoms with van der Waals surface area (Å²) in [7, 11) is 0. The fourth-order valence-electron chi connectivity index (χ4n) is 3.57. The fourth-order valence-corrected chi connectivity index (χ4v) is 3.57. The van der Waals surface area contributed by atoms with Crippen LogP contribution in [0, 0.1) is 11.7 Å². The number of piperidine rings is 3. The second-order valence-electron chi connectivity index (χ2n) is 6.04. The number of amides is 1. The van der Waals surface area contributed by atoms with Crippen molar-refractivity contribution in [3.63, 3.8) is 0 Å². The molecule has 6 nitrogen and oxygen atoms in total. The average molecular weight is 341 g/mol. The molecule has 1 amide bonds. The molecule has 23 heavy (non-hydrogen) atoms. The number of anilines is 1. The zero-order valence-corrected chi connectivity index (χ0v) is 13.2. The lowest BCUT2D eigenvalue weighted by atomic mass is 9.84. The van der Waals surface area contributed by atoms with E-state index in [9.17, 15) is 9.18 Å². The van der Waals surface area contributed by atoms with Crippen LogP contribution >= 0.6 is 12.4 Å². The number of nitrogens with two attached hydrogens (primary N) is 1. The van der Waals surface area contributed by atoms with Gasteiger partial charge in [0.25, 0.3) is 11.9 Å². The third-order valence-electron chi connectivity index (χ3n) is 4.73. The summed E-state index contributed by atoms with van der Waals surface area (Å²) in [6.07, 6.45) is 2.16. The summed E-state index contributed by atoms with van der Waals surface area (Å²) in [5.74, 6) is -0.590. The number of hydrogen-bond donors (Lipinski definition) is 2. The van der Waals surface area contributed by atoms with E-state index in [0.29, 0.717) is 11.5 Å². The van der Waals surface area contributed by atoms with Gasteiger partial charge < -0.3 is 20.4 Å². The predicted octanol–water partition coefficient (Wildman–Crippen LogP) is 1.79. The summed E-state index contributed by atoms with van der Waals surface area (Å²) in [6, 6.07) is 2.63. The van der Waals surface area contributed by atoms with Crippen molar-refractivity contribution < 1.29 is 13.6 Å². The van der Waals surface area contributed by atoms with Gasteiger partial charge in [-0.2, -0.15) is 4.98 Å². The van der Waals surface area contributed by atoms with E-state index in [-0.39, 0.29) is 35.5 Å². The van der Waals surface area contributed by atoms with E-state index in [1.54, 1.807) is 0 Å². The number of hydrogen-bond acceptors (Lipinski definition) is 5. The van der Waals surface area contributed by atoms with Crippen LogP contribution in [0.25, 0.3) is 11.1 Å². The lowest BCUT2D eigenvalue weighted by molar-refractivity contribution is 0.0619. The number of carbonyl (C=O) groups excluding carboxylic acids is 1. The number of rotatable bonds is 2. The Kier molecular flexibility index (Phi) is 4.16. The number of nitrogens with one attached hydrogen (secondary N) is 1. The average Bonchev–Trinajstić information content (AvgIpc) is 2.88. The number of carbonyl (C=O) groups is 1. The Morgan fingerprint density at radius 1 is 1.39 bits per heavy atom. The number of benzene rings is 1. The summed E-state index contributed by atoms with van der Waals surface area (Å²) in [6.45, 7) is 3.00. The summed E-state index contributed by atoms with van der Waals surface area (Å²) >= 11 is 0. The van der Waals surface area contributed by atoms with Crippen molar-refractivity contribution in [1.82, 2.24) is 15.2 Å². The van der Waals surface area contributed by atoms with Crippen LogP contribution in [-0.4, -0.2) is 41.5 Å². The zero-order chi connectivity index (χ0) is 15.3. The summed E-state index contributed by atoms with van der Waals surface area (Å²) < 4.78 is 19.3. The Hall–Kier alpha value is -1.86. The molecule has 3 aliphatic rings. The molecule has 4 heterocycles. The first-order valence-corrected chi connectivity index (χ1v) is 7.49. The lowest BCUT2D eigenvalue weighted by Crippen LogP contribution is -2.57. The Labute approximate surface area is 138 Å². The Balaban J connectivity index is 0.00000156. The molecule has 124 valence electrons. The minimum absolute atomic E-state index is 0. The molecule has 1 aromatic carbocycles. The van der Waals surface area contributed by atoms with E-state index < -0.39 is 11.7 Å². The summed E-state index contributed by atoms with van der Waals surface area (Å²) in [4.78, 5) is 18.8. The Morgan fingerprint density at radius 3 is 2.78 bits per heavy atom. The van der Waals surface area contributed by atoms with Gasteiger partial charge in [0, 0.05) is 12.6 Å². The zero-order valence-electron chi connectivity index (χ0n) is 12.4.